The lowest BCUT2D eigenvalue weighted by molar-refractivity contribution is 0.923. The summed E-state index contributed by atoms with van der Waals surface area (Å²) in [5.41, 5.74) is 2.82. The second kappa shape index (κ2) is 5.57. The zero-order valence-electron chi connectivity index (χ0n) is 10.1. The molecule has 0 unspecified atom stereocenters. The van der Waals surface area contributed by atoms with E-state index in [-0.39, 0.29) is 0 Å². The number of hydrogen-bond donors (Lipinski definition) is 0. The molecule has 3 heteroatoms. The van der Waals surface area contributed by atoms with Gasteiger partial charge in [0.1, 0.15) is 0 Å². The van der Waals surface area contributed by atoms with Crippen LogP contribution in [0.25, 0.3) is 0 Å². The van der Waals surface area contributed by atoms with Gasteiger partial charge < -0.3 is 4.90 Å². The van der Waals surface area contributed by atoms with Gasteiger partial charge in [0.15, 0.2) is 0 Å². The van der Waals surface area contributed by atoms with E-state index in [9.17, 15) is 0 Å². The third kappa shape index (κ3) is 2.82. The normalized spacial score (nSPS) is 9.83. The summed E-state index contributed by atoms with van der Waals surface area (Å²) in [6.07, 6.45) is 0. The Morgan fingerprint density at radius 2 is 1.78 bits per heavy atom. The standard InChI is InChI=1S/C15H13ClN2/c1-18(11-13-4-2-3-5-15(13)16)14-8-6-12(10-17)7-9-14/h2-9H,11H2,1H3. The lowest BCUT2D eigenvalue weighted by atomic mass is 10.2. The first-order valence-corrected chi connectivity index (χ1v) is 6.03. The van der Waals surface area contributed by atoms with Crippen LogP contribution in [0.1, 0.15) is 11.1 Å². The van der Waals surface area contributed by atoms with E-state index in [1.807, 2.05) is 55.6 Å². The van der Waals surface area contributed by atoms with E-state index in [2.05, 4.69) is 11.0 Å². The molecular weight excluding hydrogens is 244 g/mol. The van der Waals surface area contributed by atoms with Crippen molar-refractivity contribution in [1.29, 1.82) is 5.26 Å². The van der Waals surface area contributed by atoms with Gasteiger partial charge in [-0.25, -0.2) is 0 Å². The van der Waals surface area contributed by atoms with Crippen LogP contribution in [-0.4, -0.2) is 7.05 Å². The molecule has 0 spiro atoms. The van der Waals surface area contributed by atoms with Crippen LogP contribution in [-0.2, 0) is 6.54 Å². The van der Waals surface area contributed by atoms with Gasteiger partial charge in [0.25, 0.3) is 0 Å². The van der Waals surface area contributed by atoms with Crippen LogP contribution in [0.5, 0.6) is 0 Å². The minimum absolute atomic E-state index is 0.671. The minimum atomic E-state index is 0.671. The van der Waals surface area contributed by atoms with Crippen molar-refractivity contribution in [1.82, 2.24) is 0 Å². The Morgan fingerprint density at radius 3 is 2.39 bits per heavy atom. The summed E-state index contributed by atoms with van der Waals surface area (Å²) >= 11 is 6.13. The second-order valence-electron chi connectivity index (χ2n) is 4.11. The molecule has 0 aliphatic heterocycles. The van der Waals surface area contributed by atoms with Gasteiger partial charge in [-0.1, -0.05) is 29.8 Å². The quantitative estimate of drug-likeness (QED) is 0.834. The largest absolute Gasteiger partial charge is 0.370 e. The maximum absolute atomic E-state index is 8.76. The van der Waals surface area contributed by atoms with Gasteiger partial charge in [-0.15, -0.1) is 0 Å². The average Bonchev–Trinajstić information content (AvgIpc) is 2.41. The van der Waals surface area contributed by atoms with Crippen molar-refractivity contribution in [2.24, 2.45) is 0 Å². The molecule has 18 heavy (non-hydrogen) atoms. The highest BCUT2D eigenvalue weighted by atomic mass is 35.5. The van der Waals surface area contributed by atoms with Crippen LogP contribution in [0.15, 0.2) is 48.5 Å². The summed E-state index contributed by atoms with van der Waals surface area (Å²) in [5, 5.41) is 9.53. The number of halogens is 1. The van der Waals surface area contributed by atoms with Gasteiger partial charge in [0.2, 0.25) is 0 Å². The predicted molar refractivity (Wildman–Crippen MR) is 74.7 cm³/mol. The number of rotatable bonds is 3. The lowest BCUT2D eigenvalue weighted by Crippen LogP contribution is -2.16. The van der Waals surface area contributed by atoms with Crippen LogP contribution >= 0.6 is 11.6 Å². The topological polar surface area (TPSA) is 27.0 Å². The Morgan fingerprint density at radius 1 is 1.11 bits per heavy atom. The van der Waals surface area contributed by atoms with E-state index in [0.29, 0.717) is 5.56 Å². The average molecular weight is 257 g/mol. The highest BCUT2D eigenvalue weighted by Crippen LogP contribution is 2.20. The van der Waals surface area contributed by atoms with Crippen molar-refractivity contribution in [2.75, 3.05) is 11.9 Å². The van der Waals surface area contributed by atoms with Gasteiger partial charge in [-0.2, -0.15) is 5.26 Å². The molecule has 0 atom stereocenters. The zero-order valence-corrected chi connectivity index (χ0v) is 10.9. The lowest BCUT2D eigenvalue weighted by Gasteiger charge is -2.20. The van der Waals surface area contributed by atoms with Crippen molar-refractivity contribution in [2.45, 2.75) is 6.54 Å². The summed E-state index contributed by atoms with van der Waals surface area (Å²) < 4.78 is 0. The molecule has 0 amide bonds. The molecule has 0 aliphatic carbocycles. The number of nitriles is 1. The Kier molecular flexibility index (Phi) is 3.86. The Bertz CT molecular complexity index is 570. The monoisotopic (exact) mass is 256 g/mol. The molecule has 0 N–H and O–H groups in total. The Labute approximate surface area is 112 Å². The van der Waals surface area contributed by atoms with Gasteiger partial charge in [0, 0.05) is 24.3 Å². The first-order valence-electron chi connectivity index (χ1n) is 5.65. The zero-order chi connectivity index (χ0) is 13.0. The fourth-order valence-electron chi connectivity index (χ4n) is 1.76. The van der Waals surface area contributed by atoms with Gasteiger partial charge in [0.05, 0.1) is 11.6 Å². The molecule has 0 saturated heterocycles. The fourth-order valence-corrected chi connectivity index (χ4v) is 1.96. The van der Waals surface area contributed by atoms with Gasteiger partial charge in [-0.05, 0) is 35.9 Å². The molecule has 2 aromatic rings. The molecule has 0 aliphatic rings. The molecule has 2 nitrogen and oxygen atoms in total. The Hall–Kier alpha value is -1.98. The van der Waals surface area contributed by atoms with Crippen LogP contribution in [0.2, 0.25) is 5.02 Å². The molecule has 0 fully saturated rings. The smallest absolute Gasteiger partial charge is 0.0991 e. The van der Waals surface area contributed by atoms with Crippen LogP contribution in [0, 0.1) is 11.3 Å². The second-order valence-corrected chi connectivity index (χ2v) is 4.51. The van der Waals surface area contributed by atoms with E-state index in [4.69, 9.17) is 16.9 Å². The molecule has 0 radical (unpaired) electrons. The summed E-state index contributed by atoms with van der Waals surface area (Å²) in [6.45, 7) is 0.742. The first-order chi connectivity index (χ1) is 8.70. The van der Waals surface area contributed by atoms with E-state index in [0.717, 1.165) is 22.8 Å². The summed E-state index contributed by atoms with van der Waals surface area (Å²) in [6, 6.07) is 17.4. The van der Waals surface area contributed by atoms with Crippen molar-refractivity contribution >= 4 is 17.3 Å². The van der Waals surface area contributed by atoms with E-state index >= 15 is 0 Å². The molecule has 0 saturated carbocycles. The molecule has 90 valence electrons. The predicted octanol–water partition coefficient (Wildman–Crippen LogP) is 3.85. The number of anilines is 1. The molecule has 0 bridgehead atoms. The number of hydrogen-bond acceptors (Lipinski definition) is 2. The maximum Gasteiger partial charge on any atom is 0.0991 e. The van der Waals surface area contributed by atoms with E-state index in [1.165, 1.54) is 0 Å². The maximum atomic E-state index is 8.76. The fraction of sp³-hybridized carbons (Fsp3) is 0.133. The first kappa shape index (κ1) is 12.5. The van der Waals surface area contributed by atoms with E-state index in [1.54, 1.807) is 0 Å². The highest BCUT2D eigenvalue weighted by molar-refractivity contribution is 6.31. The summed E-state index contributed by atoms with van der Waals surface area (Å²) in [7, 11) is 2.00. The van der Waals surface area contributed by atoms with Crippen LogP contribution in [0.3, 0.4) is 0 Å². The van der Waals surface area contributed by atoms with Crippen molar-refractivity contribution in [3.63, 3.8) is 0 Å². The molecular formula is C15H13ClN2. The minimum Gasteiger partial charge on any atom is -0.370 e. The van der Waals surface area contributed by atoms with Crippen LogP contribution < -0.4 is 4.90 Å². The Balaban J connectivity index is 2.15. The number of benzene rings is 2. The third-order valence-electron chi connectivity index (χ3n) is 2.80. The van der Waals surface area contributed by atoms with Crippen molar-refractivity contribution in [3.05, 3.63) is 64.7 Å². The van der Waals surface area contributed by atoms with Crippen molar-refractivity contribution in [3.8, 4) is 6.07 Å². The van der Waals surface area contributed by atoms with E-state index < -0.39 is 0 Å². The van der Waals surface area contributed by atoms with Gasteiger partial charge in [-0.3, -0.25) is 0 Å². The SMILES string of the molecule is CN(Cc1ccccc1Cl)c1ccc(C#N)cc1. The molecule has 0 heterocycles. The molecule has 2 rings (SSSR count). The number of nitrogens with zero attached hydrogens (tertiary/aromatic N) is 2. The summed E-state index contributed by atoms with van der Waals surface area (Å²) in [4.78, 5) is 2.10. The van der Waals surface area contributed by atoms with Crippen molar-refractivity contribution < 1.29 is 0 Å². The van der Waals surface area contributed by atoms with Crippen LogP contribution in [0.4, 0.5) is 5.69 Å². The molecule has 0 aromatic heterocycles. The summed E-state index contributed by atoms with van der Waals surface area (Å²) in [5.74, 6) is 0. The molecule has 2 aromatic carbocycles. The highest BCUT2D eigenvalue weighted by Gasteiger charge is 2.04. The van der Waals surface area contributed by atoms with Gasteiger partial charge >= 0.3 is 0 Å². The third-order valence-corrected chi connectivity index (χ3v) is 3.17.